The van der Waals surface area contributed by atoms with Crippen LogP contribution in [0.2, 0.25) is 0 Å². The van der Waals surface area contributed by atoms with Crippen molar-refractivity contribution in [2.45, 2.75) is 45.1 Å². The molecule has 0 bridgehead atoms. The van der Waals surface area contributed by atoms with Gasteiger partial charge in [-0.25, -0.2) is 4.79 Å². The minimum Gasteiger partial charge on any atom is -0.453 e. The molecule has 1 atom stereocenters. The highest BCUT2D eigenvalue weighted by molar-refractivity contribution is 5.95. The second kappa shape index (κ2) is 7.76. The van der Waals surface area contributed by atoms with Crippen molar-refractivity contribution in [3.8, 4) is 0 Å². The van der Waals surface area contributed by atoms with Crippen molar-refractivity contribution in [3.05, 3.63) is 34.9 Å². The first-order valence-electron chi connectivity index (χ1n) is 7.68. The summed E-state index contributed by atoms with van der Waals surface area (Å²) in [7, 11) is 1.15. The lowest BCUT2D eigenvalue weighted by Crippen LogP contribution is -2.39. The molecule has 1 aromatic rings. The minimum absolute atomic E-state index is 0.100. The number of nitrogens with one attached hydrogen (secondary N) is 1. The van der Waals surface area contributed by atoms with Gasteiger partial charge in [0.05, 0.1) is 13.5 Å². The number of alkyl carbamates (subject to hydrolysis) is 1. The number of aryl methyl sites for hydroxylation is 2. The van der Waals surface area contributed by atoms with E-state index >= 15 is 0 Å². The Morgan fingerprint density at radius 2 is 1.87 bits per heavy atom. The number of ether oxygens (including phenoxy) is 2. The fourth-order valence-electron chi connectivity index (χ4n) is 2.61. The Bertz CT molecular complexity index is 611. The average Bonchev–Trinajstić information content (AvgIpc) is 2.54. The van der Waals surface area contributed by atoms with Crippen LogP contribution in [-0.4, -0.2) is 31.2 Å². The predicted molar refractivity (Wildman–Crippen MR) is 82.9 cm³/mol. The van der Waals surface area contributed by atoms with E-state index in [0.717, 1.165) is 25.5 Å². The molecule has 0 saturated carbocycles. The molecule has 0 heterocycles. The van der Waals surface area contributed by atoms with Gasteiger partial charge in [0.25, 0.3) is 5.91 Å². The van der Waals surface area contributed by atoms with Crippen LogP contribution in [0.3, 0.4) is 0 Å². The Morgan fingerprint density at radius 3 is 2.57 bits per heavy atom. The summed E-state index contributed by atoms with van der Waals surface area (Å²) >= 11 is 0. The Kier molecular flexibility index (Phi) is 5.73. The molecule has 1 aliphatic rings. The van der Waals surface area contributed by atoms with E-state index < -0.39 is 24.1 Å². The molecule has 6 heteroatoms. The Morgan fingerprint density at radius 1 is 1.17 bits per heavy atom. The minimum atomic E-state index is -1.06. The standard InChI is InChI=1S/C17H21NO5/c1-11(16(20)18-17(21)22-2)23-15(19)10-12-7-8-13-5-3-4-6-14(13)9-12/h7-9,11H,3-6,10H2,1-2H3,(H,18,20,21)/t11-/m0/s1. The number of esters is 1. The Labute approximate surface area is 135 Å². The van der Waals surface area contributed by atoms with Crippen molar-refractivity contribution in [1.29, 1.82) is 0 Å². The third-order valence-electron chi connectivity index (χ3n) is 3.85. The van der Waals surface area contributed by atoms with Crippen molar-refractivity contribution in [2.24, 2.45) is 0 Å². The summed E-state index contributed by atoms with van der Waals surface area (Å²) in [6.07, 6.45) is 2.67. The monoisotopic (exact) mass is 319 g/mol. The summed E-state index contributed by atoms with van der Waals surface area (Å²) in [4.78, 5) is 34.5. The lowest BCUT2D eigenvalue weighted by Gasteiger charge is -2.17. The number of carbonyl (C=O) groups is 3. The first-order chi connectivity index (χ1) is 11.0. The summed E-state index contributed by atoms with van der Waals surface area (Å²) in [5, 5.41) is 1.96. The zero-order valence-corrected chi connectivity index (χ0v) is 13.4. The van der Waals surface area contributed by atoms with Crippen LogP contribution in [0.1, 0.15) is 36.5 Å². The molecule has 0 saturated heterocycles. The Hall–Kier alpha value is -2.37. The molecule has 1 aliphatic carbocycles. The first kappa shape index (κ1) is 17.0. The third kappa shape index (κ3) is 4.81. The topological polar surface area (TPSA) is 81.7 Å². The fraction of sp³-hybridized carbons (Fsp3) is 0.471. The van der Waals surface area contributed by atoms with Gasteiger partial charge in [0, 0.05) is 0 Å². The van der Waals surface area contributed by atoms with Gasteiger partial charge in [-0.1, -0.05) is 18.2 Å². The lowest BCUT2D eigenvalue weighted by atomic mass is 9.90. The van der Waals surface area contributed by atoms with E-state index in [2.05, 4.69) is 10.8 Å². The van der Waals surface area contributed by atoms with Crippen molar-refractivity contribution < 1.29 is 23.9 Å². The highest BCUT2D eigenvalue weighted by Gasteiger charge is 2.20. The van der Waals surface area contributed by atoms with Gasteiger partial charge in [-0.05, 0) is 49.3 Å². The number of hydrogen-bond donors (Lipinski definition) is 1. The van der Waals surface area contributed by atoms with Gasteiger partial charge < -0.3 is 9.47 Å². The van der Waals surface area contributed by atoms with Crippen molar-refractivity contribution in [3.63, 3.8) is 0 Å². The van der Waals surface area contributed by atoms with E-state index in [4.69, 9.17) is 4.74 Å². The molecule has 6 nitrogen and oxygen atoms in total. The second-order valence-corrected chi connectivity index (χ2v) is 5.60. The number of benzene rings is 1. The second-order valence-electron chi connectivity index (χ2n) is 5.60. The van der Waals surface area contributed by atoms with E-state index in [1.54, 1.807) is 0 Å². The predicted octanol–water partition coefficient (Wildman–Crippen LogP) is 1.92. The van der Waals surface area contributed by atoms with Crippen LogP contribution in [0.5, 0.6) is 0 Å². The molecule has 0 unspecified atom stereocenters. The van der Waals surface area contributed by atoms with E-state index in [1.165, 1.54) is 30.9 Å². The van der Waals surface area contributed by atoms with Gasteiger partial charge in [-0.3, -0.25) is 14.9 Å². The largest absolute Gasteiger partial charge is 0.453 e. The van der Waals surface area contributed by atoms with Gasteiger partial charge in [-0.15, -0.1) is 0 Å². The number of rotatable bonds is 4. The van der Waals surface area contributed by atoms with Crippen LogP contribution in [0.4, 0.5) is 4.79 Å². The lowest BCUT2D eigenvalue weighted by molar-refractivity contribution is -0.153. The van der Waals surface area contributed by atoms with Crippen LogP contribution >= 0.6 is 0 Å². The smallest absolute Gasteiger partial charge is 0.413 e. The molecule has 1 N–H and O–H groups in total. The van der Waals surface area contributed by atoms with Gasteiger partial charge in [0.2, 0.25) is 0 Å². The number of hydrogen-bond acceptors (Lipinski definition) is 5. The summed E-state index contributed by atoms with van der Waals surface area (Å²) in [5.74, 6) is -1.22. The molecular weight excluding hydrogens is 298 g/mol. The van der Waals surface area contributed by atoms with Gasteiger partial charge in [0.15, 0.2) is 6.10 Å². The molecule has 2 amide bonds. The third-order valence-corrected chi connectivity index (χ3v) is 3.85. The van der Waals surface area contributed by atoms with E-state index in [0.29, 0.717) is 0 Å². The van der Waals surface area contributed by atoms with Gasteiger partial charge >= 0.3 is 12.1 Å². The number of carbonyl (C=O) groups excluding carboxylic acids is 3. The molecule has 2 rings (SSSR count). The normalized spacial score (nSPS) is 14.3. The van der Waals surface area contributed by atoms with E-state index in [-0.39, 0.29) is 6.42 Å². The van der Waals surface area contributed by atoms with Crippen LogP contribution in [0.15, 0.2) is 18.2 Å². The average molecular weight is 319 g/mol. The van der Waals surface area contributed by atoms with Crippen LogP contribution in [-0.2, 0) is 38.3 Å². The maximum atomic E-state index is 11.9. The van der Waals surface area contributed by atoms with Crippen LogP contribution in [0.25, 0.3) is 0 Å². The van der Waals surface area contributed by atoms with E-state index in [1.807, 2.05) is 17.4 Å². The SMILES string of the molecule is COC(=O)NC(=O)[C@H](C)OC(=O)Cc1ccc2c(c1)CCCC2. The Balaban J connectivity index is 1.89. The molecule has 0 fully saturated rings. The molecule has 124 valence electrons. The summed E-state index contributed by atoms with van der Waals surface area (Å²) in [6, 6.07) is 6.02. The summed E-state index contributed by atoms with van der Waals surface area (Å²) in [6.45, 7) is 1.41. The first-order valence-corrected chi connectivity index (χ1v) is 7.68. The van der Waals surface area contributed by atoms with Gasteiger partial charge in [0.1, 0.15) is 0 Å². The maximum absolute atomic E-state index is 11.9. The van der Waals surface area contributed by atoms with Crippen molar-refractivity contribution in [1.82, 2.24) is 5.32 Å². The van der Waals surface area contributed by atoms with Crippen LogP contribution in [0, 0.1) is 0 Å². The van der Waals surface area contributed by atoms with Crippen LogP contribution < -0.4 is 5.32 Å². The summed E-state index contributed by atoms with van der Waals surface area (Å²) < 4.78 is 9.36. The zero-order valence-electron chi connectivity index (χ0n) is 13.4. The van der Waals surface area contributed by atoms with Crippen molar-refractivity contribution >= 4 is 18.0 Å². The number of imide groups is 1. The maximum Gasteiger partial charge on any atom is 0.413 e. The molecule has 23 heavy (non-hydrogen) atoms. The molecular formula is C17H21NO5. The molecule has 0 radical (unpaired) electrons. The molecule has 0 aliphatic heterocycles. The number of fused-ring (bicyclic) bond motifs is 1. The van der Waals surface area contributed by atoms with Gasteiger partial charge in [-0.2, -0.15) is 0 Å². The quantitative estimate of drug-likeness (QED) is 0.858. The number of amides is 2. The highest BCUT2D eigenvalue weighted by atomic mass is 16.6. The molecule has 1 aromatic carbocycles. The number of methoxy groups -OCH3 is 1. The zero-order chi connectivity index (χ0) is 16.8. The fourth-order valence-corrected chi connectivity index (χ4v) is 2.61. The molecule has 0 spiro atoms. The van der Waals surface area contributed by atoms with Crippen molar-refractivity contribution in [2.75, 3.05) is 7.11 Å². The molecule has 0 aromatic heterocycles. The highest BCUT2D eigenvalue weighted by Crippen LogP contribution is 2.22. The van der Waals surface area contributed by atoms with E-state index in [9.17, 15) is 14.4 Å². The summed E-state index contributed by atoms with van der Waals surface area (Å²) in [5.41, 5.74) is 3.51.